The van der Waals surface area contributed by atoms with Gasteiger partial charge in [-0.15, -0.1) is 0 Å². The Bertz CT molecular complexity index is 966. The number of carbonyl (C=O) groups excluding carboxylic acids is 1. The fourth-order valence-corrected chi connectivity index (χ4v) is 2.93. The van der Waals surface area contributed by atoms with E-state index in [1.165, 1.54) is 12.1 Å². The zero-order valence-electron chi connectivity index (χ0n) is 16.3. The number of rotatable bonds is 7. The standard InChI is InChI=1S/C22H24FN3O2/c1-15-13-20(19-10-5-16(23)14-21(19)24-15)22(27)25-17-6-8-18(9-7-17)28-12-4-11-26(2)3/h5-10,13-14H,4,11-12H2,1-3H3,(H,25,27). The van der Waals surface area contributed by atoms with Gasteiger partial charge in [-0.2, -0.15) is 0 Å². The van der Waals surface area contributed by atoms with Gasteiger partial charge in [0.25, 0.3) is 5.91 Å². The number of fused-ring (bicyclic) bond motifs is 1. The Balaban J connectivity index is 1.69. The molecule has 0 aliphatic heterocycles. The van der Waals surface area contributed by atoms with E-state index in [-0.39, 0.29) is 11.7 Å². The number of hydrogen-bond donors (Lipinski definition) is 1. The number of amides is 1. The van der Waals surface area contributed by atoms with Gasteiger partial charge in [0.05, 0.1) is 17.7 Å². The topological polar surface area (TPSA) is 54.5 Å². The molecular weight excluding hydrogens is 357 g/mol. The molecule has 5 nitrogen and oxygen atoms in total. The molecule has 0 unspecified atom stereocenters. The van der Waals surface area contributed by atoms with Crippen molar-refractivity contribution in [3.05, 3.63) is 65.6 Å². The van der Waals surface area contributed by atoms with Crippen LogP contribution in [0, 0.1) is 12.7 Å². The van der Waals surface area contributed by atoms with E-state index < -0.39 is 0 Å². The zero-order valence-corrected chi connectivity index (χ0v) is 16.3. The van der Waals surface area contributed by atoms with Gasteiger partial charge in [0.15, 0.2) is 0 Å². The van der Waals surface area contributed by atoms with E-state index in [1.54, 1.807) is 31.2 Å². The first-order valence-corrected chi connectivity index (χ1v) is 9.18. The number of anilines is 1. The van der Waals surface area contributed by atoms with Crippen LogP contribution in [0.1, 0.15) is 22.5 Å². The lowest BCUT2D eigenvalue weighted by atomic mass is 10.1. The van der Waals surface area contributed by atoms with Gasteiger partial charge in [0.2, 0.25) is 0 Å². The summed E-state index contributed by atoms with van der Waals surface area (Å²) < 4.78 is 19.2. The lowest BCUT2D eigenvalue weighted by Crippen LogP contribution is -2.15. The second-order valence-corrected chi connectivity index (χ2v) is 6.96. The maximum absolute atomic E-state index is 13.5. The maximum Gasteiger partial charge on any atom is 0.256 e. The summed E-state index contributed by atoms with van der Waals surface area (Å²) >= 11 is 0. The number of nitrogens with zero attached hydrogens (tertiary/aromatic N) is 2. The number of hydrogen-bond acceptors (Lipinski definition) is 4. The highest BCUT2D eigenvalue weighted by atomic mass is 19.1. The predicted molar refractivity (Wildman–Crippen MR) is 109 cm³/mol. The highest BCUT2D eigenvalue weighted by Gasteiger charge is 2.13. The van der Waals surface area contributed by atoms with E-state index in [1.807, 2.05) is 26.2 Å². The van der Waals surface area contributed by atoms with Crippen LogP contribution in [0.5, 0.6) is 5.75 Å². The van der Waals surface area contributed by atoms with Crippen molar-refractivity contribution < 1.29 is 13.9 Å². The molecule has 1 heterocycles. The highest BCUT2D eigenvalue weighted by Crippen LogP contribution is 2.22. The summed E-state index contributed by atoms with van der Waals surface area (Å²) in [5.41, 5.74) is 2.25. The molecule has 1 N–H and O–H groups in total. The molecule has 0 bridgehead atoms. The molecular formula is C22H24FN3O2. The van der Waals surface area contributed by atoms with Gasteiger partial charge in [0, 0.05) is 29.4 Å². The second-order valence-electron chi connectivity index (χ2n) is 6.96. The molecule has 1 amide bonds. The largest absolute Gasteiger partial charge is 0.494 e. The molecule has 3 aromatic rings. The Morgan fingerprint density at radius 3 is 2.61 bits per heavy atom. The van der Waals surface area contributed by atoms with Crippen LogP contribution < -0.4 is 10.1 Å². The molecule has 0 aliphatic carbocycles. The first kappa shape index (κ1) is 19.8. The number of carbonyl (C=O) groups is 1. The highest BCUT2D eigenvalue weighted by molar-refractivity contribution is 6.12. The third kappa shape index (κ3) is 5.04. The average molecular weight is 381 g/mol. The van der Waals surface area contributed by atoms with Crippen molar-refractivity contribution in [3.63, 3.8) is 0 Å². The van der Waals surface area contributed by atoms with Crippen molar-refractivity contribution in [1.82, 2.24) is 9.88 Å². The van der Waals surface area contributed by atoms with Gasteiger partial charge in [0.1, 0.15) is 11.6 Å². The minimum atomic E-state index is -0.377. The molecule has 6 heteroatoms. The van der Waals surface area contributed by atoms with Crippen molar-refractivity contribution in [1.29, 1.82) is 0 Å². The number of nitrogens with one attached hydrogen (secondary N) is 1. The van der Waals surface area contributed by atoms with Crippen LogP contribution in [0.2, 0.25) is 0 Å². The lowest BCUT2D eigenvalue weighted by Gasteiger charge is -2.11. The van der Waals surface area contributed by atoms with Gasteiger partial charge in [-0.3, -0.25) is 9.78 Å². The van der Waals surface area contributed by atoms with Crippen LogP contribution >= 0.6 is 0 Å². The van der Waals surface area contributed by atoms with E-state index in [0.717, 1.165) is 18.7 Å². The van der Waals surface area contributed by atoms with E-state index in [2.05, 4.69) is 15.2 Å². The summed E-state index contributed by atoms with van der Waals surface area (Å²) in [4.78, 5) is 19.2. The third-order valence-corrected chi connectivity index (χ3v) is 4.28. The fraction of sp³-hybridized carbons (Fsp3) is 0.273. The second kappa shape index (κ2) is 8.80. The smallest absolute Gasteiger partial charge is 0.256 e. The molecule has 0 saturated carbocycles. The van der Waals surface area contributed by atoms with Crippen molar-refractivity contribution in [2.45, 2.75) is 13.3 Å². The molecule has 3 rings (SSSR count). The van der Waals surface area contributed by atoms with Crippen LogP contribution in [0.3, 0.4) is 0 Å². The molecule has 1 aromatic heterocycles. The van der Waals surface area contributed by atoms with Crippen molar-refractivity contribution in [2.24, 2.45) is 0 Å². The predicted octanol–water partition coefficient (Wildman–Crippen LogP) is 4.27. The van der Waals surface area contributed by atoms with Crippen LogP contribution in [-0.4, -0.2) is 43.0 Å². The van der Waals surface area contributed by atoms with E-state index in [9.17, 15) is 9.18 Å². The Morgan fingerprint density at radius 1 is 1.14 bits per heavy atom. The molecule has 0 atom stereocenters. The van der Waals surface area contributed by atoms with Crippen molar-refractivity contribution in [2.75, 3.05) is 32.6 Å². The lowest BCUT2D eigenvalue weighted by molar-refractivity contribution is 0.102. The minimum Gasteiger partial charge on any atom is -0.494 e. The summed E-state index contributed by atoms with van der Waals surface area (Å²) in [6.45, 7) is 3.39. The van der Waals surface area contributed by atoms with Crippen LogP contribution in [0.4, 0.5) is 10.1 Å². The normalized spacial score (nSPS) is 11.0. The molecule has 28 heavy (non-hydrogen) atoms. The Kier molecular flexibility index (Phi) is 6.21. The molecule has 0 saturated heterocycles. The number of benzene rings is 2. The summed E-state index contributed by atoms with van der Waals surface area (Å²) in [7, 11) is 4.06. The molecule has 2 aromatic carbocycles. The first-order chi connectivity index (χ1) is 13.4. The first-order valence-electron chi connectivity index (χ1n) is 9.18. The van der Waals surface area contributed by atoms with Gasteiger partial charge >= 0.3 is 0 Å². The van der Waals surface area contributed by atoms with E-state index >= 15 is 0 Å². The molecule has 0 radical (unpaired) electrons. The van der Waals surface area contributed by atoms with E-state index in [4.69, 9.17) is 4.74 Å². The summed E-state index contributed by atoms with van der Waals surface area (Å²) in [6.07, 6.45) is 0.945. The fourth-order valence-electron chi connectivity index (χ4n) is 2.93. The Labute approximate surface area is 164 Å². The van der Waals surface area contributed by atoms with Gasteiger partial charge < -0.3 is 15.0 Å². The van der Waals surface area contributed by atoms with Gasteiger partial charge in [-0.1, -0.05) is 0 Å². The summed E-state index contributed by atoms with van der Waals surface area (Å²) in [5, 5.41) is 3.49. The Hall–Kier alpha value is -2.99. The van der Waals surface area contributed by atoms with Crippen LogP contribution in [0.25, 0.3) is 10.9 Å². The molecule has 0 fully saturated rings. The quantitative estimate of drug-likeness (QED) is 0.621. The van der Waals surface area contributed by atoms with E-state index in [0.29, 0.717) is 34.5 Å². The molecule has 0 aliphatic rings. The molecule has 146 valence electrons. The monoisotopic (exact) mass is 381 g/mol. The number of pyridine rings is 1. The van der Waals surface area contributed by atoms with Gasteiger partial charge in [-0.25, -0.2) is 4.39 Å². The average Bonchev–Trinajstić information content (AvgIpc) is 2.65. The van der Waals surface area contributed by atoms with Crippen LogP contribution in [-0.2, 0) is 0 Å². The van der Waals surface area contributed by atoms with Crippen LogP contribution in [0.15, 0.2) is 48.5 Å². The zero-order chi connectivity index (χ0) is 20.1. The Morgan fingerprint density at radius 2 is 1.89 bits per heavy atom. The van der Waals surface area contributed by atoms with Crippen molar-refractivity contribution in [3.8, 4) is 5.75 Å². The minimum absolute atomic E-state index is 0.262. The third-order valence-electron chi connectivity index (χ3n) is 4.28. The molecule has 0 spiro atoms. The van der Waals surface area contributed by atoms with Crippen molar-refractivity contribution >= 4 is 22.5 Å². The maximum atomic E-state index is 13.5. The summed E-state index contributed by atoms with van der Waals surface area (Å²) in [6, 6.07) is 13.2. The SMILES string of the molecule is Cc1cc(C(=O)Nc2ccc(OCCCN(C)C)cc2)c2ccc(F)cc2n1. The van der Waals surface area contributed by atoms with Gasteiger partial charge in [-0.05, 0) is 69.9 Å². The number of aromatic nitrogens is 1. The number of ether oxygens (including phenoxy) is 1. The summed E-state index contributed by atoms with van der Waals surface area (Å²) in [5.74, 6) is 0.123. The number of aryl methyl sites for hydroxylation is 1. The number of halogens is 1.